The number of nitro groups is 1. The third-order valence-electron chi connectivity index (χ3n) is 3.95. The minimum atomic E-state index is -0.501. The number of hydrogen-bond donors (Lipinski definition) is 1. The van der Waals surface area contributed by atoms with Crippen molar-refractivity contribution < 1.29 is 14.5 Å². The van der Waals surface area contributed by atoms with Crippen molar-refractivity contribution in [3.05, 3.63) is 33.9 Å². The highest BCUT2D eigenvalue weighted by Gasteiger charge is 2.23. The van der Waals surface area contributed by atoms with Gasteiger partial charge in [-0.3, -0.25) is 19.7 Å². The van der Waals surface area contributed by atoms with Crippen LogP contribution in [-0.2, 0) is 4.79 Å². The maximum atomic E-state index is 11.6. The lowest BCUT2D eigenvalue weighted by molar-refractivity contribution is -0.384. The topological polar surface area (TPSA) is 95.8 Å². The molecule has 0 spiro atoms. The van der Waals surface area contributed by atoms with E-state index in [1.54, 1.807) is 29.0 Å². The van der Waals surface area contributed by atoms with Gasteiger partial charge in [-0.1, -0.05) is 0 Å². The molecule has 2 amide bonds. The largest absolute Gasteiger partial charge is 0.367 e. The lowest BCUT2D eigenvalue weighted by Gasteiger charge is -2.23. The highest BCUT2D eigenvalue weighted by molar-refractivity contribution is 5.95. The predicted octanol–water partition coefficient (Wildman–Crippen LogP) is 1.01. The Morgan fingerprint density at radius 1 is 1.48 bits per heavy atom. The summed E-state index contributed by atoms with van der Waals surface area (Å²) in [6.45, 7) is 1.76. The summed E-state index contributed by atoms with van der Waals surface area (Å²) in [5.74, 6) is -0.243. The number of carbonyl (C=O) groups excluding carboxylic acids is 2. The summed E-state index contributed by atoms with van der Waals surface area (Å²) < 4.78 is 0. The minimum absolute atomic E-state index is 0.124. The normalized spacial score (nSPS) is 14.0. The molecule has 1 aliphatic heterocycles. The Bertz CT molecular complexity index is 632. The second kappa shape index (κ2) is 7.08. The van der Waals surface area contributed by atoms with Crippen LogP contribution in [0.3, 0.4) is 0 Å². The van der Waals surface area contributed by atoms with E-state index in [1.807, 2.05) is 0 Å². The number of hydrogen-bond acceptors (Lipinski definition) is 5. The summed E-state index contributed by atoms with van der Waals surface area (Å²) in [6.07, 6.45) is 1.44. The van der Waals surface area contributed by atoms with Crippen LogP contribution in [0.4, 0.5) is 11.4 Å². The van der Waals surface area contributed by atoms with Crippen LogP contribution in [0.2, 0.25) is 0 Å². The van der Waals surface area contributed by atoms with E-state index in [0.717, 1.165) is 13.0 Å². The molecule has 1 fully saturated rings. The van der Waals surface area contributed by atoms with Crippen LogP contribution in [0.15, 0.2) is 18.2 Å². The summed E-state index contributed by atoms with van der Waals surface area (Å²) in [5, 5.41) is 13.7. The van der Waals surface area contributed by atoms with Crippen LogP contribution in [0.5, 0.6) is 0 Å². The molecule has 124 valence electrons. The van der Waals surface area contributed by atoms with Gasteiger partial charge in [0.25, 0.3) is 11.6 Å². The van der Waals surface area contributed by atoms with Crippen molar-refractivity contribution in [2.24, 2.45) is 0 Å². The van der Waals surface area contributed by atoms with Gasteiger partial charge in [-0.25, -0.2) is 0 Å². The van der Waals surface area contributed by atoms with Gasteiger partial charge in [-0.05, 0) is 18.6 Å². The summed E-state index contributed by atoms with van der Waals surface area (Å²) in [4.78, 5) is 37.5. The maximum Gasteiger partial charge on any atom is 0.293 e. The van der Waals surface area contributed by atoms with Crippen molar-refractivity contribution >= 4 is 23.2 Å². The van der Waals surface area contributed by atoms with Gasteiger partial charge in [-0.2, -0.15) is 0 Å². The monoisotopic (exact) mass is 320 g/mol. The molecule has 23 heavy (non-hydrogen) atoms. The number of likely N-dealkylation sites (tertiary alicyclic amines) is 1. The molecular weight excluding hydrogens is 300 g/mol. The summed E-state index contributed by atoms with van der Waals surface area (Å²) in [5.41, 5.74) is 0.543. The number of nitro benzene ring substituents is 1. The second-order valence-electron chi connectivity index (χ2n) is 5.45. The van der Waals surface area contributed by atoms with Crippen LogP contribution in [0, 0.1) is 10.1 Å². The maximum absolute atomic E-state index is 11.6. The van der Waals surface area contributed by atoms with Crippen molar-refractivity contribution in [3.63, 3.8) is 0 Å². The van der Waals surface area contributed by atoms with E-state index in [9.17, 15) is 19.7 Å². The fraction of sp³-hybridized carbons (Fsp3) is 0.467. The molecule has 0 radical (unpaired) electrons. The van der Waals surface area contributed by atoms with Gasteiger partial charge in [0.05, 0.1) is 4.92 Å². The molecular formula is C15H20N4O4. The van der Waals surface area contributed by atoms with Crippen molar-refractivity contribution in [2.75, 3.05) is 38.6 Å². The molecule has 1 saturated heterocycles. The third kappa shape index (κ3) is 3.77. The van der Waals surface area contributed by atoms with Gasteiger partial charge < -0.3 is 15.1 Å². The summed E-state index contributed by atoms with van der Waals surface area (Å²) >= 11 is 0. The van der Waals surface area contributed by atoms with Crippen molar-refractivity contribution in [2.45, 2.75) is 12.8 Å². The van der Waals surface area contributed by atoms with E-state index < -0.39 is 4.92 Å². The lowest BCUT2D eigenvalue weighted by Crippen LogP contribution is -2.34. The number of likely N-dealkylation sites (N-methyl/N-ethyl adjacent to an activating group) is 1. The van der Waals surface area contributed by atoms with Crippen LogP contribution in [-0.4, -0.2) is 55.4 Å². The number of carbonyl (C=O) groups is 2. The quantitative estimate of drug-likeness (QED) is 0.623. The van der Waals surface area contributed by atoms with Crippen molar-refractivity contribution in [3.8, 4) is 0 Å². The molecule has 0 atom stereocenters. The number of amides is 2. The Hall–Kier alpha value is -2.64. The van der Waals surface area contributed by atoms with Crippen LogP contribution >= 0.6 is 0 Å². The fourth-order valence-corrected chi connectivity index (χ4v) is 2.61. The molecule has 0 aromatic heterocycles. The highest BCUT2D eigenvalue weighted by atomic mass is 16.6. The van der Waals surface area contributed by atoms with E-state index in [1.165, 1.54) is 13.1 Å². The second-order valence-corrected chi connectivity index (χ2v) is 5.45. The molecule has 8 nitrogen and oxygen atoms in total. The third-order valence-corrected chi connectivity index (χ3v) is 3.95. The Labute approximate surface area is 134 Å². The zero-order valence-corrected chi connectivity index (χ0v) is 13.2. The molecule has 1 aromatic carbocycles. The number of nitrogens with one attached hydrogen (secondary N) is 1. The summed E-state index contributed by atoms with van der Waals surface area (Å²) in [7, 11) is 3.21. The Morgan fingerprint density at radius 2 is 2.22 bits per heavy atom. The van der Waals surface area contributed by atoms with E-state index in [-0.39, 0.29) is 23.1 Å². The standard InChI is InChI=1S/C15H20N4O4/c1-16-15(21)11-5-6-12(13(10-11)19(22)23)17(2)8-9-18-7-3-4-14(18)20/h5-6,10H,3-4,7-9H2,1-2H3,(H,16,21). The molecule has 8 heteroatoms. The molecule has 1 aliphatic rings. The number of anilines is 1. The van der Waals surface area contributed by atoms with Gasteiger partial charge >= 0.3 is 0 Å². The smallest absolute Gasteiger partial charge is 0.293 e. The van der Waals surface area contributed by atoms with E-state index >= 15 is 0 Å². The highest BCUT2D eigenvalue weighted by Crippen LogP contribution is 2.28. The first-order chi connectivity index (χ1) is 10.9. The SMILES string of the molecule is CNC(=O)c1ccc(N(C)CCN2CCCC2=O)c([N+](=O)[O-])c1. The number of nitrogens with zero attached hydrogens (tertiary/aromatic N) is 3. The first-order valence-corrected chi connectivity index (χ1v) is 7.43. The Balaban J connectivity index is 2.15. The fourth-order valence-electron chi connectivity index (χ4n) is 2.61. The van der Waals surface area contributed by atoms with Crippen LogP contribution in [0.25, 0.3) is 0 Å². The predicted molar refractivity (Wildman–Crippen MR) is 85.6 cm³/mol. The lowest BCUT2D eigenvalue weighted by atomic mass is 10.1. The Kier molecular flexibility index (Phi) is 5.15. The molecule has 1 N–H and O–H groups in total. The van der Waals surface area contributed by atoms with Gasteiger partial charge in [0.2, 0.25) is 5.91 Å². The molecule has 0 saturated carbocycles. The molecule has 2 rings (SSSR count). The Morgan fingerprint density at radius 3 is 2.78 bits per heavy atom. The summed E-state index contributed by atoms with van der Waals surface area (Å²) in [6, 6.07) is 4.39. The molecule has 1 heterocycles. The van der Waals surface area contributed by atoms with E-state index in [2.05, 4.69) is 5.32 Å². The first kappa shape index (κ1) is 16.7. The zero-order valence-electron chi connectivity index (χ0n) is 13.2. The van der Waals surface area contributed by atoms with Crippen molar-refractivity contribution in [1.29, 1.82) is 0 Å². The van der Waals surface area contributed by atoms with Gasteiger partial charge in [-0.15, -0.1) is 0 Å². The molecule has 0 bridgehead atoms. The van der Waals surface area contributed by atoms with E-state index in [4.69, 9.17) is 0 Å². The van der Waals surface area contributed by atoms with Gasteiger partial charge in [0.1, 0.15) is 5.69 Å². The molecule has 0 aliphatic carbocycles. The molecule has 1 aromatic rings. The molecule has 0 unspecified atom stereocenters. The van der Waals surface area contributed by atoms with Crippen molar-refractivity contribution in [1.82, 2.24) is 10.2 Å². The van der Waals surface area contributed by atoms with Gasteiger partial charge in [0, 0.05) is 51.8 Å². The van der Waals surface area contributed by atoms with Crippen LogP contribution < -0.4 is 10.2 Å². The number of rotatable bonds is 6. The number of benzene rings is 1. The average molecular weight is 320 g/mol. The first-order valence-electron chi connectivity index (χ1n) is 7.43. The van der Waals surface area contributed by atoms with Crippen LogP contribution in [0.1, 0.15) is 23.2 Å². The minimum Gasteiger partial charge on any atom is -0.367 e. The van der Waals surface area contributed by atoms with E-state index in [0.29, 0.717) is 25.2 Å². The zero-order chi connectivity index (χ0) is 17.0. The average Bonchev–Trinajstić information content (AvgIpc) is 2.96. The van der Waals surface area contributed by atoms with Gasteiger partial charge in [0.15, 0.2) is 0 Å².